The van der Waals surface area contributed by atoms with E-state index < -0.39 is 79.9 Å². The molecule has 14 heteroatoms. The topological polar surface area (TPSA) is 214 Å². The molecular weight excluding hydrogens is 560 g/mol. The fourth-order valence-corrected chi connectivity index (χ4v) is 5.11. The molecule has 0 radical (unpaired) electrons. The van der Waals surface area contributed by atoms with Gasteiger partial charge in [-0.1, -0.05) is 12.1 Å². The van der Waals surface area contributed by atoms with E-state index in [4.69, 9.17) is 28.4 Å². The average Bonchev–Trinajstić information content (AvgIpc) is 2.97. The van der Waals surface area contributed by atoms with E-state index in [1.54, 1.807) is 24.3 Å². The Morgan fingerprint density at radius 3 is 2.19 bits per heavy atom. The van der Waals surface area contributed by atoms with Crippen molar-refractivity contribution in [1.82, 2.24) is 0 Å². The second-order valence-electron chi connectivity index (χ2n) is 10.5. The summed E-state index contributed by atoms with van der Waals surface area (Å²) < 4.78 is 33.4. The number of aliphatic hydroxyl groups is 6. The van der Waals surface area contributed by atoms with Gasteiger partial charge in [-0.05, 0) is 24.6 Å². The van der Waals surface area contributed by atoms with Crippen LogP contribution in [0.2, 0.25) is 0 Å². The lowest BCUT2D eigenvalue weighted by molar-refractivity contribution is -0.318. The van der Waals surface area contributed by atoms with Gasteiger partial charge in [0, 0.05) is 12.1 Å². The number of Topliss-reactive ketones (excluding diaryl/α,β-unsaturated/α-hetero) is 1. The zero-order valence-corrected chi connectivity index (χ0v) is 22.7. The maximum atomic E-state index is 12.9. The highest BCUT2D eigenvalue weighted by Crippen LogP contribution is 2.42. The zero-order valence-electron chi connectivity index (χ0n) is 22.7. The van der Waals surface area contributed by atoms with Crippen molar-refractivity contribution < 1.29 is 69.0 Å². The molecule has 0 aromatic heterocycles. The number of fused-ring (bicyclic) bond motifs is 1. The van der Waals surface area contributed by atoms with E-state index in [9.17, 15) is 40.5 Å². The quantitative estimate of drug-likeness (QED) is 0.208. The fourth-order valence-electron chi connectivity index (χ4n) is 5.11. The third-order valence-corrected chi connectivity index (χ3v) is 7.62. The Morgan fingerprint density at radius 2 is 1.50 bits per heavy atom. The molecule has 5 rings (SSSR count). The number of benzene rings is 2. The molecule has 2 saturated heterocycles. The van der Waals surface area contributed by atoms with Gasteiger partial charge < -0.3 is 64.2 Å². The molecule has 7 N–H and O–H groups in total. The van der Waals surface area contributed by atoms with E-state index >= 15 is 0 Å². The molecule has 11 atom stereocenters. The van der Waals surface area contributed by atoms with E-state index in [2.05, 4.69) is 0 Å². The summed E-state index contributed by atoms with van der Waals surface area (Å²) in [6.45, 7) is 0.995. The van der Waals surface area contributed by atoms with E-state index in [0.717, 1.165) is 6.07 Å². The van der Waals surface area contributed by atoms with Crippen molar-refractivity contribution in [3.63, 3.8) is 0 Å². The number of methoxy groups -OCH3 is 1. The molecule has 14 nitrogen and oxygen atoms in total. The summed E-state index contributed by atoms with van der Waals surface area (Å²) in [4.78, 5) is 12.9. The highest BCUT2D eigenvalue weighted by molar-refractivity contribution is 6.02. The summed E-state index contributed by atoms with van der Waals surface area (Å²) in [6.07, 6.45) is -15.4. The molecule has 3 aliphatic rings. The van der Waals surface area contributed by atoms with E-state index in [1.165, 1.54) is 20.1 Å². The van der Waals surface area contributed by atoms with Crippen LogP contribution in [0.5, 0.6) is 23.0 Å². The zero-order chi connectivity index (χ0) is 30.3. The number of aromatic hydroxyl groups is 1. The minimum Gasteiger partial charge on any atom is -0.507 e. The first-order valence-electron chi connectivity index (χ1n) is 13.4. The number of hydrogen-bond donors (Lipinski definition) is 7. The predicted molar refractivity (Wildman–Crippen MR) is 139 cm³/mol. The molecule has 0 spiro atoms. The SMILES string of the molecule is COc1ccc([C@@H]2CC(=O)c3c(O)cc(O[C@@H]4O[C@H](CO[C@@H]5O[C@H](C)[C@H](O)[C@@H](O)[C@H]5O)[C@@H](O)[C@@H](O)[C@@H]4O)cc3O2)cc1. The van der Waals surface area contributed by atoms with Gasteiger partial charge in [0.1, 0.15) is 77.4 Å². The van der Waals surface area contributed by atoms with Crippen LogP contribution in [-0.2, 0) is 14.2 Å². The van der Waals surface area contributed by atoms with Crippen molar-refractivity contribution in [2.75, 3.05) is 13.7 Å². The third kappa shape index (κ3) is 5.90. The summed E-state index contributed by atoms with van der Waals surface area (Å²) in [7, 11) is 1.53. The van der Waals surface area contributed by atoms with Crippen molar-refractivity contribution in [3.8, 4) is 23.0 Å². The van der Waals surface area contributed by atoms with Crippen LogP contribution < -0.4 is 14.2 Å². The number of phenols is 1. The Balaban J connectivity index is 1.29. The second kappa shape index (κ2) is 12.3. The van der Waals surface area contributed by atoms with Gasteiger partial charge in [0.15, 0.2) is 12.1 Å². The Labute approximate surface area is 240 Å². The molecule has 2 aromatic carbocycles. The van der Waals surface area contributed by atoms with E-state index in [1.807, 2.05) is 0 Å². The fraction of sp³-hybridized carbons (Fsp3) is 0.536. The van der Waals surface area contributed by atoms with Gasteiger partial charge in [0.25, 0.3) is 0 Å². The van der Waals surface area contributed by atoms with Crippen molar-refractivity contribution in [3.05, 3.63) is 47.5 Å². The Hall–Kier alpha value is -3.05. The molecular formula is C28H34O14. The number of phenolic OH excluding ortho intramolecular Hbond substituents is 1. The monoisotopic (exact) mass is 594 g/mol. The predicted octanol–water partition coefficient (Wildman–Crippen LogP) is -0.862. The highest BCUT2D eigenvalue weighted by atomic mass is 16.7. The average molecular weight is 595 g/mol. The summed E-state index contributed by atoms with van der Waals surface area (Å²) in [5.74, 6) is -0.190. The van der Waals surface area contributed by atoms with Crippen LogP contribution >= 0.6 is 0 Å². The van der Waals surface area contributed by atoms with Crippen LogP contribution in [-0.4, -0.2) is 117 Å². The van der Waals surface area contributed by atoms with Gasteiger partial charge >= 0.3 is 0 Å². The van der Waals surface area contributed by atoms with Crippen molar-refractivity contribution in [2.24, 2.45) is 0 Å². The van der Waals surface area contributed by atoms with Crippen molar-refractivity contribution >= 4 is 5.78 Å². The number of ketones is 1. The number of ether oxygens (including phenoxy) is 6. The highest BCUT2D eigenvalue weighted by Gasteiger charge is 2.47. The Kier molecular flexibility index (Phi) is 8.89. The lowest BCUT2D eigenvalue weighted by atomic mass is 9.95. The van der Waals surface area contributed by atoms with Crippen LogP contribution in [0.3, 0.4) is 0 Å². The number of aliphatic hydroxyl groups excluding tert-OH is 6. The lowest BCUT2D eigenvalue weighted by Crippen LogP contribution is -2.61. The largest absolute Gasteiger partial charge is 0.507 e. The molecule has 0 amide bonds. The number of carbonyl (C=O) groups excluding carboxylic acids is 1. The minimum atomic E-state index is -1.75. The number of carbonyl (C=O) groups is 1. The van der Waals surface area contributed by atoms with Gasteiger partial charge in [-0.3, -0.25) is 4.79 Å². The molecule has 0 aliphatic carbocycles. The number of rotatable bonds is 7. The molecule has 0 unspecified atom stereocenters. The van der Waals surface area contributed by atoms with Crippen molar-refractivity contribution in [2.45, 2.75) is 80.9 Å². The Bertz CT molecular complexity index is 1250. The molecule has 2 aromatic rings. The first-order chi connectivity index (χ1) is 20.0. The normalized spacial score (nSPS) is 36.6. The van der Waals surface area contributed by atoms with Crippen molar-refractivity contribution in [1.29, 1.82) is 0 Å². The molecule has 0 bridgehead atoms. The first kappa shape index (κ1) is 30.4. The van der Waals surface area contributed by atoms with Gasteiger partial charge in [-0.2, -0.15) is 0 Å². The molecule has 230 valence electrons. The smallest absolute Gasteiger partial charge is 0.229 e. The molecule has 0 saturated carbocycles. The summed E-state index contributed by atoms with van der Waals surface area (Å²) in [5, 5.41) is 72.1. The van der Waals surface area contributed by atoms with Crippen LogP contribution in [0.1, 0.15) is 35.4 Å². The lowest BCUT2D eigenvalue weighted by Gasteiger charge is -2.42. The van der Waals surface area contributed by atoms with Crippen LogP contribution in [0.25, 0.3) is 0 Å². The Morgan fingerprint density at radius 1 is 0.833 bits per heavy atom. The van der Waals surface area contributed by atoms with Crippen LogP contribution in [0.4, 0.5) is 0 Å². The van der Waals surface area contributed by atoms with Gasteiger partial charge in [0.05, 0.1) is 26.2 Å². The summed E-state index contributed by atoms with van der Waals surface area (Å²) in [6, 6.07) is 9.43. The van der Waals surface area contributed by atoms with Gasteiger partial charge in [-0.25, -0.2) is 0 Å². The summed E-state index contributed by atoms with van der Waals surface area (Å²) in [5.41, 5.74) is 0.668. The van der Waals surface area contributed by atoms with Crippen LogP contribution in [0.15, 0.2) is 36.4 Å². The maximum Gasteiger partial charge on any atom is 0.229 e. The van der Waals surface area contributed by atoms with Gasteiger partial charge in [-0.15, -0.1) is 0 Å². The third-order valence-electron chi connectivity index (χ3n) is 7.62. The first-order valence-corrected chi connectivity index (χ1v) is 13.4. The van der Waals surface area contributed by atoms with E-state index in [0.29, 0.717) is 11.3 Å². The molecule has 3 heterocycles. The second-order valence-corrected chi connectivity index (χ2v) is 10.5. The molecule has 2 fully saturated rings. The maximum absolute atomic E-state index is 12.9. The summed E-state index contributed by atoms with van der Waals surface area (Å²) >= 11 is 0. The van der Waals surface area contributed by atoms with E-state index in [-0.39, 0.29) is 29.3 Å². The standard InChI is InChI=1S/C28H34O14/c1-11-21(31)23(33)25(35)27(39-11)38-10-19-22(32)24(34)26(36)28(42-19)40-14-7-15(29)20-16(30)9-17(41-18(20)8-14)12-3-5-13(37-2)6-4-12/h3-8,11,17,19,21-29,31-36H,9-10H2,1-2H3/t11-,17+,19-,21+,22-,23-,24-,25-,26+,27-,28-/m1/s1. The minimum absolute atomic E-state index is 0.0164. The van der Waals surface area contributed by atoms with Gasteiger partial charge in [0.2, 0.25) is 6.29 Å². The molecule has 42 heavy (non-hydrogen) atoms. The van der Waals surface area contributed by atoms with Crippen LogP contribution in [0, 0.1) is 0 Å². The number of hydrogen-bond acceptors (Lipinski definition) is 14. The molecule has 3 aliphatic heterocycles.